The van der Waals surface area contributed by atoms with Crippen LogP contribution >= 0.6 is 11.6 Å². The Balaban J connectivity index is 1.94. The van der Waals surface area contributed by atoms with Crippen molar-refractivity contribution in [2.45, 2.75) is 6.42 Å². The number of rotatable bonds is 3. The molecule has 0 N–H and O–H groups in total. The van der Waals surface area contributed by atoms with Crippen LogP contribution in [0.3, 0.4) is 0 Å². The van der Waals surface area contributed by atoms with E-state index < -0.39 is 0 Å². The summed E-state index contributed by atoms with van der Waals surface area (Å²) in [6, 6.07) is 13.4. The molecule has 0 saturated carbocycles. The van der Waals surface area contributed by atoms with Crippen molar-refractivity contribution >= 4 is 17.2 Å². The number of aromatic nitrogens is 3. The summed E-state index contributed by atoms with van der Waals surface area (Å²) in [5.74, 6) is 1.57. The molecule has 0 amide bonds. The molecule has 0 aliphatic carbocycles. The summed E-state index contributed by atoms with van der Waals surface area (Å²) in [4.78, 5) is 4.45. The van der Waals surface area contributed by atoms with Gasteiger partial charge in [0.2, 0.25) is 0 Å². The Morgan fingerprint density at radius 3 is 2.84 bits per heavy atom. The number of benzene rings is 1. The van der Waals surface area contributed by atoms with Gasteiger partial charge in [-0.3, -0.25) is 0 Å². The van der Waals surface area contributed by atoms with Gasteiger partial charge in [0, 0.05) is 6.42 Å². The molecule has 0 aliphatic rings. The van der Waals surface area contributed by atoms with Crippen LogP contribution in [0.2, 0.25) is 5.15 Å². The largest absolute Gasteiger partial charge is 0.497 e. The van der Waals surface area contributed by atoms with E-state index in [0.29, 0.717) is 11.6 Å². The highest BCUT2D eigenvalue weighted by molar-refractivity contribution is 6.29. The van der Waals surface area contributed by atoms with Crippen LogP contribution < -0.4 is 4.74 Å². The number of hydrogen-bond donors (Lipinski definition) is 0. The Morgan fingerprint density at radius 2 is 2.05 bits per heavy atom. The zero-order chi connectivity index (χ0) is 13.2. The fourth-order valence-electron chi connectivity index (χ4n) is 1.96. The van der Waals surface area contributed by atoms with Crippen molar-refractivity contribution in [3.05, 3.63) is 59.0 Å². The van der Waals surface area contributed by atoms with Crippen molar-refractivity contribution in [3.63, 3.8) is 0 Å². The van der Waals surface area contributed by atoms with E-state index in [1.54, 1.807) is 17.7 Å². The molecule has 0 aliphatic heterocycles. The Labute approximate surface area is 115 Å². The topological polar surface area (TPSA) is 39.4 Å². The number of fused-ring (bicyclic) bond motifs is 1. The highest BCUT2D eigenvalue weighted by atomic mass is 35.5. The first-order valence-corrected chi connectivity index (χ1v) is 6.27. The van der Waals surface area contributed by atoms with Gasteiger partial charge in [-0.15, -0.1) is 5.10 Å². The van der Waals surface area contributed by atoms with E-state index in [9.17, 15) is 0 Å². The highest BCUT2D eigenvalue weighted by Crippen LogP contribution is 2.16. The molecule has 0 fully saturated rings. The third-order valence-electron chi connectivity index (χ3n) is 2.85. The van der Waals surface area contributed by atoms with E-state index in [0.717, 1.165) is 22.8 Å². The second-order valence-corrected chi connectivity index (χ2v) is 4.56. The highest BCUT2D eigenvalue weighted by Gasteiger charge is 2.07. The van der Waals surface area contributed by atoms with Gasteiger partial charge in [-0.05, 0) is 29.8 Å². The Bertz CT molecular complexity index is 724. The zero-order valence-electron chi connectivity index (χ0n) is 10.4. The van der Waals surface area contributed by atoms with Crippen LogP contribution in [-0.4, -0.2) is 21.7 Å². The maximum atomic E-state index is 6.06. The number of pyridine rings is 1. The summed E-state index contributed by atoms with van der Waals surface area (Å²) in [5.41, 5.74) is 1.86. The normalized spacial score (nSPS) is 10.8. The quantitative estimate of drug-likeness (QED) is 0.689. The summed E-state index contributed by atoms with van der Waals surface area (Å²) in [6.07, 6.45) is 0.648. The summed E-state index contributed by atoms with van der Waals surface area (Å²) in [7, 11) is 1.65. The van der Waals surface area contributed by atoms with E-state index in [-0.39, 0.29) is 0 Å². The second kappa shape index (κ2) is 4.90. The minimum absolute atomic E-state index is 0.557. The van der Waals surface area contributed by atoms with Crippen molar-refractivity contribution in [1.82, 2.24) is 14.6 Å². The van der Waals surface area contributed by atoms with Gasteiger partial charge < -0.3 is 4.74 Å². The fraction of sp³-hybridized carbons (Fsp3) is 0.143. The molecule has 0 bridgehead atoms. The molecular formula is C14H12ClN3O. The van der Waals surface area contributed by atoms with Crippen molar-refractivity contribution in [3.8, 4) is 5.75 Å². The number of nitrogens with zero attached hydrogens (tertiary/aromatic N) is 3. The molecule has 5 heteroatoms. The standard InChI is InChI=1S/C14H12ClN3O/c1-19-11-5-2-4-10(8-11)9-13-16-14-7-3-6-12(15)18(14)17-13/h2-8H,9H2,1H3. The first kappa shape index (κ1) is 12.0. The van der Waals surface area contributed by atoms with Crippen molar-refractivity contribution in [1.29, 1.82) is 0 Å². The summed E-state index contributed by atoms with van der Waals surface area (Å²) in [6.45, 7) is 0. The van der Waals surface area contributed by atoms with E-state index in [4.69, 9.17) is 16.3 Å². The monoisotopic (exact) mass is 273 g/mol. The molecule has 0 unspecified atom stereocenters. The molecule has 0 saturated heterocycles. The third-order valence-corrected chi connectivity index (χ3v) is 3.14. The molecule has 0 atom stereocenters. The van der Waals surface area contributed by atoms with Crippen LogP contribution in [0.5, 0.6) is 5.75 Å². The molecule has 1 aromatic carbocycles. The van der Waals surface area contributed by atoms with Crippen molar-refractivity contribution in [2.24, 2.45) is 0 Å². The molecule has 2 heterocycles. The summed E-state index contributed by atoms with van der Waals surface area (Å²) >= 11 is 6.06. The number of ether oxygens (including phenoxy) is 1. The minimum Gasteiger partial charge on any atom is -0.497 e. The molecule has 96 valence electrons. The van der Waals surface area contributed by atoms with Gasteiger partial charge in [0.25, 0.3) is 0 Å². The van der Waals surface area contributed by atoms with E-state index >= 15 is 0 Å². The van der Waals surface area contributed by atoms with Gasteiger partial charge in [-0.1, -0.05) is 29.8 Å². The molecule has 3 aromatic rings. The summed E-state index contributed by atoms with van der Waals surface area (Å²) in [5, 5.41) is 4.95. The second-order valence-electron chi connectivity index (χ2n) is 4.17. The van der Waals surface area contributed by atoms with Crippen molar-refractivity contribution < 1.29 is 4.74 Å². The van der Waals surface area contributed by atoms with E-state index in [1.807, 2.05) is 36.4 Å². The lowest BCUT2D eigenvalue weighted by atomic mass is 10.1. The van der Waals surface area contributed by atoms with Gasteiger partial charge in [0.15, 0.2) is 11.5 Å². The van der Waals surface area contributed by atoms with Crippen LogP contribution in [0.1, 0.15) is 11.4 Å². The maximum Gasteiger partial charge on any atom is 0.157 e. The molecule has 3 rings (SSSR count). The Kier molecular flexibility index (Phi) is 3.09. The minimum atomic E-state index is 0.557. The van der Waals surface area contributed by atoms with Crippen LogP contribution in [0.25, 0.3) is 5.65 Å². The SMILES string of the molecule is COc1cccc(Cc2nc3cccc(Cl)n3n2)c1. The van der Waals surface area contributed by atoms with Gasteiger partial charge in [0.05, 0.1) is 7.11 Å². The summed E-state index contributed by atoms with van der Waals surface area (Å²) < 4.78 is 6.84. The van der Waals surface area contributed by atoms with Crippen LogP contribution in [0.4, 0.5) is 0 Å². The molecular weight excluding hydrogens is 262 g/mol. The lowest BCUT2D eigenvalue weighted by Gasteiger charge is -2.01. The van der Waals surface area contributed by atoms with Crippen molar-refractivity contribution in [2.75, 3.05) is 7.11 Å². The van der Waals surface area contributed by atoms with Gasteiger partial charge >= 0.3 is 0 Å². The smallest absolute Gasteiger partial charge is 0.157 e. The average Bonchev–Trinajstić information content (AvgIpc) is 2.83. The predicted molar refractivity (Wildman–Crippen MR) is 73.8 cm³/mol. The Hall–Kier alpha value is -2.07. The molecule has 0 radical (unpaired) electrons. The number of methoxy groups -OCH3 is 1. The number of halogens is 1. The van der Waals surface area contributed by atoms with Gasteiger partial charge in [-0.25, -0.2) is 9.50 Å². The first-order chi connectivity index (χ1) is 9.26. The molecule has 4 nitrogen and oxygen atoms in total. The molecule has 19 heavy (non-hydrogen) atoms. The van der Waals surface area contributed by atoms with Crippen LogP contribution in [0, 0.1) is 0 Å². The van der Waals surface area contributed by atoms with Crippen LogP contribution in [0.15, 0.2) is 42.5 Å². The fourth-order valence-corrected chi connectivity index (χ4v) is 2.15. The lowest BCUT2D eigenvalue weighted by molar-refractivity contribution is 0.414. The maximum absolute atomic E-state index is 6.06. The third kappa shape index (κ3) is 2.39. The zero-order valence-corrected chi connectivity index (χ0v) is 11.1. The number of hydrogen-bond acceptors (Lipinski definition) is 3. The van der Waals surface area contributed by atoms with Gasteiger partial charge in [-0.2, -0.15) is 0 Å². The van der Waals surface area contributed by atoms with Gasteiger partial charge in [0.1, 0.15) is 10.9 Å². The van der Waals surface area contributed by atoms with Crippen LogP contribution in [-0.2, 0) is 6.42 Å². The Morgan fingerprint density at radius 1 is 1.21 bits per heavy atom. The lowest BCUT2D eigenvalue weighted by Crippen LogP contribution is -1.93. The van der Waals surface area contributed by atoms with E-state index in [1.165, 1.54) is 0 Å². The average molecular weight is 274 g/mol. The first-order valence-electron chi connectivity index (χ1n) is 5.89. The molecule has 0 spiro atoms. The molecule has 2 aromatic heterocycles. The predicted octanol–water partition coefficient (Wildman–Crippen LogP) is 2.98. The van der Waals surface area contributed by atoms with E-state index in [2.05, 4.69) is 10.1 Å².